The Morgan fingerprint density at radius 3 is 2.60 bits per heavy atom. The zero-order valence-electron chi connectivity index (χ0n) is 20.3. The fraction of sp³-hybridized carbons (Fsp3) is 0.480. The SMILES string of the molecule is Cc1ccc(C(C)N2C[C@H](C)N(c3cc(=O)n(C)c4sc(CC#N)nc34)C[C@H]2C)c(C(F)(F)F)c1. The number of hydrogen-bond donors (Lipinski definition) is 0. The molecule has 0 saturated carbocycles. The zero-order chi connectivity index (χ0) is 25.7. The highest BCUT2D eigenvalue weighted by Gasteiger charge is 2.39. The summed E-state index contributed by atoms with van der Waals surface area (Å²) < 4.78 is 43.0. The molecule has 1 saturated heterocycles. The quantitative estimate of drug-likeness (QED) is 0.499. The predicted molar refractivity (Wildman–Crippen MR) is 132 cm³/mol. The third-order valence-electron chi connectivity index (χ3n) is 6.83. The first kappa shape index (κ1) is 25.2. The number of nitriles is 1. The van der Waals surface area contributed by atoms with Gasteiger partial charge in [0.15, 0.2) is 0 Å². The normalized spacial score (nSPS) is 20.3. The van der Waals surface area contributed by atoms with Gasteiger partial charge in [-0.05, 0) is 39.3 Å². The molecule has 1 unspecified atom stereocenters. The average molecular weight is 504 g/mol. The first-order valence-electron chi connectivity index (χ1n) is 11.5. The molecule has 1 aliphatic rings. The van der Waals surface area contributed by atoms with Crippen molar-refractivity contribution in [3.05, 3.63) is 56.3 Å². The monoisotopic (exact) mass is 503 g/mol. The lowest BCUT2D eigenvalue weighted by Gasteiger charge is -2.48. The summed E-state index contributed by atoms with van der Waals surface area (Å²) in [6.45, 7) is 8.56. The van der Waals surface area contributed by atoms with Crippen LogP contribution in [0, 0.1) is 18.3 Å². The van der Waals surface area contributed by atoms with Crippen LogP contribution in [0.25, 0.3) is 10.3 Å². The zero-order valence-corrected chi connectivity index (χ0v) is 21.2. The highest BCUT2D eigenvalue weighted by Crippen LogP contribution is 2.39. The molecule has 0 amide bonds. The molecule has 0 radical (unpaired) electrons. The van der Waals surface area contributed by atoms with E-state index in [4.69, 9.17) is 5.26 Å². The lowest BCUT2D eigenvalue weighted by atomic mass is 9.95. The van der Waals surface area contributed by atoms with Crippen molar-refractivity contribution in [2.45, 2.75) is 58.4 Å². The molecule has 3 atom stereocenters. The van der Waals surface area contributed by atoms with Crippen LogP contribution >= 0.6 is 11.3 Å². The number of fused-ring (bicyclic) bond motifs is 1. The van der Waals surface area contributed by atoms with Crippen molar-refractivity contribution in [1.29, 1.82) is 5.26 Å². The molecule has 0 aliphatic carbocycles. The number of aromatic nitrogens is 2. The van der Waals surface area contributed by atoms with Gasteiger partial charge in [-0.2, -0.15) is 18.4 Å². The summed E-state index contributed by atoms with van der Waals surface area (Å²) >= 11 is 1.34. The summed E-state index contributed by atoms with van der Waals surface area (Å²) in [6, 6.07) is 7.64. The number of aryl methyl sites for hydroxylation is 2. The molecular weight excluding hydrogens is 475 g/mol. The summed E-state index contributed by atoms with van der Waals surface area (Å²) in [6.07, 6.45) is -4.25. The van der Waals surface area contributed by atoms with Gasteiger partial charge in [-0.25, -0.2) is 4.98 Å². The number of halogens is 3. The van der Waals surface area contributed by atoms with Gasteiger partial charge in [0.2, 0.25) is 0 Å². The van der Waals surface area contributed by atoms with Crippen LogP contribution in [0.2, 0.25) is 0 Å². The molecule has 3 aromatic rings. The van der Waals surface area contributed by atoms with Crippen LogP contribution in [0.3, 0.4) is 0 Å². The first-order chi connectivity index (χ1) is 16.4. The molecule has 10 heteroatoms. The van der Waals surface area contributed by atoms with Crippen molar-refractivity contribution in [2.24, 2.45) is 7.05 Å². The fourth-order valence-corrected chi connectivity index (χ4v) is 5.95. The van der Waals surface area contributed by atoms with E-state index in [0.29, 0.717) is 39.7 Å². The Hall–Kier alpha value is -2.90. The standard InChI is InChI=1S/C25H28F3N5OS/c1-14-6-7-18(19(10-14)25(26,27)28)17(4)32-12-16(3)33(13-15(32)2)20-11-22(34)31(5)24-23(20)30-21(35-24)8-9-29/h6-7,10-11,15-17H,8,12-13H2,1-5H3/t15-,16+,17?/m1/s1. The molecule has 1 aliphatic heterocycles. The summed E-state index contributed by atoms with van der Waals surface area (Å²) in [4.78, 5) is 22.3. The van der Waals surface area contributed by atoms with E-state index in [1.165, 1.54) is 17.4 Å². The molecule has 186 valence electrons. The van der Waals surface area contributed by atoms with Crippen molar-refractivity contribution in [3.63, 3.8) is 0 Å². The number of hydrogen-bond acceptors (Lipinski definition) is 6. The minimum Gasteiger partial charge on any atom is -0.364 e. The van der Waals surface area contributed by atoms with Crippen LogP contribution in [0.15, 0.2) is 29.1 Å². The number of pyridine rings is 1. The van der Waals surface area contributed by atoms with Gasteiger partial charge in [0.1, 0.15) is 15.4 Å². The molecule has 1 fully saturated rings. The van der Waals surface area contributed by atoms with Crippen molar-refractivity contribution in [1.82, 2.24) is 14.5 Å². The van der Waals surface area contributed by atoms with E-state index < -0.39 is 17.8 Å². The van der Waals surface area contributed by atoms with E-state index in [-0.39, 0.29) is 29.6 Å². The lowest BCUT2D eigenvalue weighted by Crippen LogP contribution is -2.57. The third kappa shape index (κ3) is 4.67. The van der Waals surface area contributed by atoms with Gasteiger partial charge in [0, 0.05) is 44.3 Å². The van der Waals surface area contributed by atoms with E-state index >= 15 is 0 Å². The average Bonchev–Trinajstić information content (AvgIpc) is 3.21. The van der Waals surface area contributed by atoms with E-state index in [1.54, 1.807) is 36.7 Å². The third-order valence-corrected chi connectivity index (χ3v) is 7.96. The van der Waals surface area contributed by atoms with Crippen LogP contribution in [0.4, 0.5) is 18.9 Å². The number of rotatable bonds is 4. The molecule has 6 nitrogen and oxygen atoms in total. The predicted octanol–water partition coefficient (Wildman–Crippen LogP) is 5.05. The Kier molecular flexibility index (Phi) is 6.68. The van der Waals surface area contributed by atoms with Crippen molar-refractivity contribution >= 4 is 27.4 Å². The van der Waals surface area contributed by atoms with Crippen LogP contribution in [-0.2, 0) is 19.6 Å². The number of anilines is 1. The minimum absolute atomic E-state index is 0.0649. The number of piperazine rings is 1. The second-order valence-corrected chi connectivity index (χ2v) is 10.4. The smallest absolute Gasteiger partial charge is 0.364 e. The lowest BCUT2D eigenvalue weighted by molar-refractivity contribution is -0.138. The Balaban J connectivity index is 1.68. The van der Waals surface area contributed by atoms with Gasteiger partial charge in [0.05, 0.1) is 23.7 Å². The molecule has 0 bridgehead atoms. The van der Waals surface area contributed by atoms with E-state index in [1.807, 2.05) is 20.8 Å². The second-order valence-electron chi connectivity index (χ2n) is 9.33. The van der Waals surface area contributed by atoms with Gasteiger partial charge in [-0.1, -0.05) is 29.0 Å². The van der Waals surface area contributed by atoms with Crippen LogP contribution in [0.1, 0.15) is 48.5 Å². The summed E-state index contributed by atoms with van der Waals surface area (Å²) in [5.74, 6) is 0. The van der Waals surface area contributed by atoms with Crippen molar-refractivity contribution < 1.29 is 13.2 Å². The van der Waals surface area contributed by atoms with E-state index in [9.17, 15) is 18.0 Å². The topological polar surface area (TPSA) is 65.2 Å². The Morgan fingerprint density at radius 2 is 1.94 bits per heavy atom. The van der Waals surface area contributed by atoms with E-state index in [2.05, 4.69) is 20.9 Å². The van der Waals surface area contributed by atoms with Gasteiger partial charge in [-0.3, -0.25) is 9.69 Å². The number of thiazole rings is 1. The highest BCUT2D eigenvalue weighted by atomic mass is 32.1. The molecule has 2 aromatic heterocycles. The van der Waals surface area contributed by atoms with Gasteiger partial charge in [-0.15, -0.1) is 0 Å². The maximum Gasteiger partial charge on any atom is 0.416 e. The minimum atomic E-state index is -4.42. The molecule has 35 heavy (non-hydrogen) atoms. The van der Waals surface area contributed by atoms with Gasteiger partial charge < -0.3 is 9.47 Å². The molecule has 0 spiro atoms. The molecule has 3 heterocycles. The van der Waals surface area contributed by atoms with Gasteiger partial charge in [0.25, 0.3) is 5.56 Å². The first-order valence-corrected chi connectivity index (χ1v) is 12.3. The number of nitrogens with zero attached hydrogens (tertiary/aromatic N) is 5. The molecule has 4 rings (SSSR count). The molecular formula is C25H28F3N5OS. The summed E-state index contributed by atoms with van der Waals surface area (Å²) in [5.41, 5.74) is 1.49. The number of benzene rings is 1. The molecule has 0 N–H and O–H groups in total. The Morgan fingerprint density at radius 1 is 1.23 bits per heavy atom. The maximum absolute atomic E-state index is 13.8. The molecule has 1 aromatic carbocycles. The Labute approximate surface area is 206 Å². The Bertz CT molecular complexity index is 1360. The van der Waals surface area contributed by atoms with Gasteiger partial charge >= 0.3 is 6.18 Å². The largest absolute Gasteiger partial charge is 0.416 e. The maximum atomic E-state index is 13.8. The second kappa shape index (κ2) is 9.28. The van der Waals surface area contributed by atoms with Crippen LogP contribution < -0.4 is 10.5 Å². The summed E-state index contributed by atoms with van der Waals surface area (Å²) in [7, 11) is 1.69. The van der Waals surface area contributed by atoms with Crippen molar-refractivity contribution in [3.8, 4) is 6.07 Å². The fourth-order valence-electron chi connectivity index (χ4n) is 4.98. The summed E-state index contributed by atoms with van der Waals surface area (Å²) in [5, 5.41) is 9.74. The van der Waals surface area contributed by atoms with Crippen molar-refractivity contribution in [2.75, 3.05) is 18.0 Å². The number of alkyl halides is 3. The highest BCUT2D eigenvalue weighted by molar-refractivity contribution is 7.18. The van der Waals surface area contributed by atoms with Crippen LogP contribution in [0.5, 0.6) is 0 Å². The van der Waals surface area contributed by atoms with E-state index in [0.717, 1.165) is 0 Å². The van der Waals surface area contributed by atoms with Crippen LogP contribution in [-0.4, -0.2) is 39.6 Å².